The number of aromatic nitrogens is 1. The third kappa shape index (κ3) is 1.45. The molecule has 1 aromatic heterocycles. The van der Waals surface area contributed by atoms with Crippen molar-refractivity contribution >= 4 is 6.08 Å². The average molecular weight is 149 g/mol. The molecule has 2 rings (SSSR count). The summed E-state index contributed by atoms with van der Waals surface area (Å²) in [6.07, 6.45) is 6.22. The Labute approximate surface area is 65.9 Å². The Morgan fingerprint density at radius 3 is 3.18 bits per heavy atom. The molecule has 58 valence electrons. The maximum atomic E-state index is 5.37. The van der Waals surface area contributed by atoms with Crippen LogP contribution in [-0.4, -0.2) is 11.6 Å². The van der Waals surface area contributed by atoms with Crippen LogP contribution >= 0.6 is 0 Å². The van der Waals surface area contributed by atoms with Crippen LogP contribution in [0.25, 0.3) is 6.08 Å². The molecule has 0 amide bonds. The first-order valence-electron chi connectivity index (χ1n) is 3.92. The van der Waals surface area contributed by atoms with Crippen molar-refractivity contribution in [2.24, 2.45) is 0 Å². The van der Waals surface area contributed by atoms with Crippen molar-refractivity contribution < 1.29 is 4.74 Å². The molecule has 1 fully saturated rings. The standard InChI is InChI=1S/C9H11NO/c1-3-8(10-5-1)7-9-4-2-6-11-9/h1,3,5,7,10H,2,4,6H2. The molecule has 2 heteroatoms. The van der Waals surface area contributed by atoms with Crippen molar-refractivity contribution in [3.05, 3.63) is 29.8 Å². The largest absolute Gasteiger partial charge is 0.498 e. The fourth-order valence-electron chi connectivity index (χ4n) is 1.24. The van der Waals surface area contributed by atoms with E-state index in [1.807, 2.05) is 18.3 Å². The van der Waals surface area contributed by atoms with Crippen LogP contribution in [0.5, 0.6) is 0 Å². The van der Waals surface area contributed by atoms with E-state index in [0.717, 1.165) is 30.9 Å². The normalized spacial score (nSPS) is 20.5. The van der Waals surface area contributed by atoms with Gasteiger partial charge in [-0.25, -0.2) is 0 Å². The summed E-state index contributed by atoms with van der Waals surface area (Å²) in [6, 6.07) is 4.02. The van der Waals surface area contributed by atoms with E-state index in [9.17, 15) is 0 Å². The minimum Gasteiger partial charge on any atom is -0.498 e. The zero-order valence-corrected chi connectivity index (χ0v) is 6.34. The Morgan fingerprint density at radius 2 is 2.55 bits per heavy atom. The molecule has 1 aliphatic rings. The molecule has 0 spiro atoms. The van der Waals surface area contributed by atoms with E-state index in [1.54, 1.807) is 0 Å². The number of rotatable bonds is 1. The molecule has 1 N–H and O–H groups in total. The molecular formula is C9H11NO. The lowest BCUT2D eigenvalue weighted by molar-refractivity contribution is 0.266. The molecule has 1 aromatic rings. The van der Waals surface area contributed by atoms with E-state index in [0.29, 0.717) is 0 Å². The Bertz CT molecular complexity index is 241. The first-order valence-corrected chi connectivity index (χ1v) is 3.92. The van der Waals surface area contributed by atoms with E-state index < -0.39 is 0 Å². The molecule has 0 atom stereocenters. The van der Waals surface area contributed by atoms with E-state index >= 15 is 0 Å². The lowest BCUT2D eigenvalue weighted by Crippen LogP contribution is -1.78. The van der Waals surface area contributed by atoms with Crippen LogP contribution in [0.2, 0.25) is 0 Å². The van der Waals surface area contributed by atoms with Gasteiger partial charge in [0.2, 0.25) is 0 Å². The number of H-pyrrole nitrogens is 1. The summed E-state index contributed by atoms with van der Waals surface area (Å²) in [5.74, 6) is 1.10. The number of hydrogen-bond acceptors (Lipinski definition) is 1. The van der Waals surface area contributed by atoms with Crippen molar-refractivity contribution in [3.63, 3.8) is 0 Å². The van der Waals surface area contributed by atoms with Gasteiger partial charge in [-0.3, -0.25) is 0 Å². The van der Waals surface area contributed by atoms with E-state index in [2.05, 4.69) is 11.1 Å². The fraction of sp³-hybridized carbons (Fsp3) is 0.333. The maximum Gasteiger partial charge on any atom is 0.0981 e. The molecule has 0 saturated carbocycles. The highest BCUT2D eigenvalue weighted by atomic mass is 16.5. The predicted molar refractivity (Wildman–Crippen MR) is 44.0 cm³/mol. The molecule has 0 radical (unpaired) electrons. The van der Waals surface area contributed by atoms with Gasteiger partial charge in [-0.1, -0.05) is 0 Å². The van der Waals surface area contributed by atoms with Crippen LogP contribution in [-0.2, 0) is 4.74 Å². The first-order chi connectivity index (χ1) is 5.45. The van der Waals surface area contributed by atoms with E-state index in [4.69, 9.17) is 4.74 Å². The molecule has 0 aromatic carbocycles. The first kappa shape index (κ1) is 6.53. The minimum atomic E-state index is 0.881. The summed E-state index contributed by atoms with van der Waals surface area (Å²) < 4.78 is 5.37. The number of ether oxygens (including phenoxy) is 1. The van der Waals surface area contributed by atoms with Gasteiger partial charge in [0, 0.05) is 18.3 Å². The van der Waals surface area contributed by atoms with E-state index in [1.165, 1.54) is 0 Å². The smallest absolute Gasteiger partial charge is 0.0981 e. The van der Waals surface area contributed by atoms with Crippen molar-refractivity contribution in [2.75, 3.05) is 6.61 Å². The van der Waals surface area contributed by atoms with Gasteiger partial charge >= 0.3 is 0 Å². The van der Waals surface area contributed by atoms with Crippen LogP contribution in [0.15, 0.2) is 24.1 Å². The second kappa shape index (κ2) is 2.82. The summed E-state index contributed by atoms with van der Waals surface area (Å²) in [5.41, 5.74) is 1.13. The highest BCUT2D eigenvalue weighted by Crippen LogP contribution is 2.18. The summed E-state index contributed by atoms with van der Waals surface area (Å²) in [5, 5.41) is 0. The van der Waals surface area contributed by atoms with Crippen molar-refractivity contribution in [3.8, 4) is 0 Å². The topological polar surface area (TPSA) is 25.0 Å². The molecule has 2 heterocycles. The third-order valence-electron chi connectivity index (χ3n) is 1.79. The van der Waals surface area contributed by atoms with Crippen molar-refractivity contribution in [1.29, 1.82) is 0 Å². The molecular weight excluding hydrogens is 138 g/mol. The van der Waals surface area contributed by atoms with Crippen LogP contribution in [0.3, 0.4) is 0 Å². The summed E-state index contributed by atoms with van der Waals surface area (Å²) in [4.78, 5) is 3.11. The van der Waals surface area contributed by atoms with Gasteiger partial charge in [-0.2, -0.15) is 0 Å². The summed E-state index contributed by atoms with van der Waals surface area (Å²) in [6.45, 7) is 0.881. The lowest BCUT2D eigenvalue weighted by Gasteiger charge is -1.95. The third-order valence-corrected chi connectivity index (χ3v) is 1.79. The Morgan fingerprint density at radius 1 is 1.55 bits per heavy atom. The van der Waals surface area contributed by atoms with Crippen LogP contribution < -0.4 is 0 Å². The highest BCUT2D eigenvalue weighted by Gasteiger charge is 2.06. The quantitative estimate of drug-likeness (QED) is 0.650. The van der Waals surface area contributed by atoms with Crippen molar-refractivity contribution in [1.82, 2.24) is 4.98 Å². The molecule has 11 heavy (non-hydrogen) atoms. The van der Waals surface area contributed by atoms with E-state index in [-0.39, 0.29) is 0 Å². The lowest BCUT2D eigenvalue weighted by atomic mass is 10.3. The Balaban J connectivity index is 2.13. The SMILES string of the molecule is C(=C1CCCO1)c1ccc[nH]1. The maximum absolute atomic E-state index is 5.37. The fourth-order valence-corrected chi connectivity index (χ4v) is 1.24. The Kier molecular flexibility index (Phi) is 1.68. The van der Waals surface area contributed by atoms with Gasteiger partial charge in [0.1, 0.15) is 0 Å². The minimum absolute atomic E-state index is 0.881. The van der Waals surface area contributed by atoms with Gasteiger partial charge in [0.25, 0.3) is 0 Å². The number of hydrogen-bond donors (Lipinski definition) is 1. The second-order valence-corrected chi connectivity index (χ2v) is 2.69. The highest BCUT2D eigenvalue weighted by molar-refractivity contribution is 5.47. The van der Waals surface area contributed by atoms with Crippen LogP contribution in [0.4, 0.5) is 0 Å². The number of allylic oxidation sites excluding steroid dienone is 1. The van der Waals surface area contributed by atoms with Crippen LogP contribution in [0.1, 0.15) is 18.5 Å². The van der Waals surface area contributed by atoms with Crippen LogP contribution in [0, 0.1) is 0 Å². The van der Waals surface area contributed by atoms with Gasteiger partial charge in [-0.15, -0.1) is 0 Å². The van der Waals surface area contributed by atoms with Gasteiger partial charge < -0.3 is 9.72 Å². The molecule has 0 bridgehead atoms. The van der Waals surface area contributed by atoms with Gasteiger partial charge in [0.15, 0.2) is 0 Å². The molecule has 0 aliphatic carbocycles. The summed E-state index contributed by atoms with van der Waals surface area (Å²) in [7, 11) is 0. The molecule has 0 unspecified atom stereocenters. The number of aromatic amines is 1. The Hall–Kier alpha value is -1.18. The molecule has 1 saturated heterocycles. The summed E-state index contributed by atoms with van der Waals surface area (Å²) >= 11 is 0. The molecule has 1 aliphatic heterocycles. The predicted octanol–water partition coefficient (Wildman–Crippen LogP) is 2.17. The zero-order chi connectivity index (χ0) is 7.52. The second-order valence-electron chi connectivity index (χ2n) is 2.69. The van der Waals surface area contributed by atoms with Crippen molar-refractivity contribution in [2.45, 2.75) is 12.8 Å². The monoisotopic (exact) mass is 149 g/mol. The molecule has 2 nitrogen and oxygen atoms in total. The zero-order valence-electron chi connectivity index (χ0n) is 6.34. The number of nitrogens with one attached hydrogen (secondary N) is 1. The average Bonchev–Trinajstić information content (AvgIpc) is 2.60. The van der Waals surface area contributed by atoms with Gasteiger partial charge in [-0.05, 0) is 24.6 Å². The van der Waals surface area contributed by atoms with Gasteiger partial charge in [0.05, 0.1) is 12.4 Å².